The van der Waals surface area contributed by atoms with E-state index in [0.29, 0.717) is 23.9 Å². The number of rotatable bonds is 65. The Morgan fingerprint density at radius 2 is 0.711 bits per heavy atom. The van der Waals surface area contributed by atoms with Gasteiger partial charge in [0.15, 0.2) is 0 Å². The Balaban J connectivity index is 5.09. The van der Waals surface area contributed by atoms with E-state index >= 15 is 0 Å². The third-order valence-electron chi connectivity index (χ3n) is 15.5. The second-order valence-electron chi connectivity index (χ2n) is 25.3. The van der Waals surface area contributed by atoms with Crippen molar-refractivity contribution in [2.24, 2.45) is 0 Å². The monoisotopic (exact) mass is 1270 g/mol. The summed E-state index contributed by atoms with van der Waals surface area (Å²) in [5.41, 5.74) is 0. The molecule has 0 spiro atoms. The summed E-state index contributed by atoms with van der Waals surface area (Å²) >= 11 is 0. The van der Waals surface area contributed by atoms with E-state index in [-0.39, 0.29) is 24.9 Å². The molecule has 1 N–H and O–H groups in total. The summed E-state index contributed by atoms with van der Waals surface area (Å²) in [5, 5.41) is 3.04. The average Bonchev–Trinajstić information content (AvgIpc) is 3.12. The Morgan fingerprint density at radius 1 is 0.400 bits per heavy atom. The van der Waals surface area contributed by atoms with Gasteiger partial charge in [-0.3, -0.25) is 14.2 Å². The maximum atomic E-state index is 13.6. The first kappa shape index (κ1) is 85.9. The first-order valence-electron chi connectivity index (χ1n) is 36.6. The van der Waals surface area contributed by atoms with Crippen LogP contribution in [0.3, 0.4) is 0 Å². The Labute approximate surface area is 555 Å². The molecule has 0 saturated carbocycles. The number of hydrogen-bond donors (Lipinski definition) is 1. The second kappa shape index (κ2) is 67.8. The highest BCUT2D eigenvalue weighted by atomic mass is 31.2. The van der Waals surface area contributed by atoms with Gasteiger partial charge in [0.2, 0.25) is 5.91 Å². The Bertz CT molecular complexity index is 2050. The van der Waals surface area contributed by atoms with Gasteiger partial charge in [0.05, 0.1) is 33.8 Å². The fourth-order valence-electron chi connectivity index (χ4n) is 9.96. The molecule has 0 radical (unpaired) electrons. The number of carbonyl (C=O) groups excluding carboxylic acids is 2. The molecule has 0 bridgehead atoms. The quantitative estimate of drug-likeness (QED) is 0.0212. The van der Waals surface area contributed by atoms with Crippen molar-refractivity contribution in [3.05, 3.63) is 146 Å². The third kappa shape index (κ3) is 68.3. The Kier molecular flexibility index (Phi) is 64.7. The summed E-state index contributed by atoms with van der Waals surface area (Å²) in [5.74, 6) is -0.562. The van der Waals surface area contributed by atoms with Crippen LogP contribution >= 0.6 is 7.82 Å². The van der Waals surface area contributed by atoms with Gasteiger partial charge in [0, 0.05) is 12.8 Å². The predicted molar refractivity (Wildman–Crippen MR) is 389 cm³/mol. The number of unbranched alkanes of at least 4 members (excludes halogenated alkanes) is 27. The van der Waals surface area contributed by atoms with Crippen molar-refractivity contribution in [3.63, 3.8) is 0 Å². The first-order valence-corrected chi connectivity index (χ1v) is 38.1. The topological polar surface area (TPSA) is 114 Å². The fourth-order valence-corrected chi connectivity index (χ4v) is 10.7. The maximum Gasteiger partial charge on any atom is 0.306 e. The number of nitrogens with one attached hydrogen (secondary N) is 1. The first-order chi connectivity index (χ1) is 43.9. The second-order valence-corrected chi connectivity index (χ2v) is 26.7. The van der Waals surface area contributed by atoms with Crippen LogP contribution in [0.1, 0.15) is 297 Å². The van der Waals surface area contributed by atoms with Crippen LogP contribution in [0.5, 0.6) is 0 Å². The van der Waals surface area contributed by atoms with Crippen molar-refractivity contribution in [2.45, 2.75) is 309 Å². The van der Waals surface area contributed by atoms with Gasteiger partial charge in [-0.15, -0.1) is 0 Å². The smallest absolute Gasteiger partial charge is 0.306 e. The molecule has 0 aliphatic heterocycles. The van der Waals surface area contributed by atoms with Gasteiger partial charge >= 0.3 is 5.97 Å². The van der Waals surface area contributed by atoms with Gasteiger partial charge < -0.3 is 28.5 Å². The highest BCUT2D eigenvalue weighted by molar-refractivity contribution is 7.45. The van der Waals surface area contributed by atoms with Gasteiger partial charge in [0.1, 0.15) is 19.3 Å². The van der Waals surface area contributed by atoms with Crippen LogP contribution in [0.25, 0.3) is 0 Å². The normalized spacial score (nSPS) is 14.3. The molecule has 0 aromatic heterocycles. The van der Waals surface area contributed by atoms with Crippen LogP contribution in [0.4, 0.5) is 0 Å². The maximum absolute atomic E-state index is 13.6. The van der Waals surface area contributed by atoms with E-state index in [2.05, 4.69) is 160 Å². The number of likely N-dealkylation sites (N-methyl/N-ethyl adjacent to an activating group) is 1. The number of phosphoric acid groups is 1. The lowest BCUT2D eigenvalue weighted by molar-refractivity contribution is -0.870. The standard InChI is InChI=1S/C80H137N2O7P/c1-7-10-13-16-19-22-25-28-30-32-34-36-38-40-41-43-45-47-49-51-53-55-58-61-64-67-70-73-80(84)89-78(71-68-65-62-59-56-27-24-21-18-15-12-9-3)77(76-88-90(85,86)87-75-74-82(4,5)6)81-79(83)72-69-66-63-60-57-54-52-50-48-46-44-42-39-37-35-33-31-29-26-23-20-17-14-11-8-2/h10-11,13-14,19-20,22-23,28-31,34-37,40-42,44-45,47,68,71,77-78H,7-9,12,15-18,21,24-27,32-33,38-39,43,46,48-67,69-70,72-76H2,1-6H3,(H-,81,83,85,86)/b13-10-,14-11-,22-19-,23-20-,30-28-,31-29-,36-34-,37-35-,41-40-,44-42-,47-45-,71-68+. The minimum atomic E-state index is -4.72. The highest BCUT2D eigenvalue weighted by Crippen LogP contribution is 2.38. The number of phosphoric ester groups is 1. The van der Waals surface area contributed by atoms with Gasteiger partial charge in [-0.25, -0.2) is 0 Å². The number of nitrogens with zero attached hydrogens (tertiary/aromatic N) is 1. The zero-order valence-electron chi connectivity index (χ0n) is 58.8. The lowest BCUT2D eigenvalue weighted by Crippen LogP contribution is -2.47. The molecule has 0 fully saturated rings. The van der Waals surface area contributed by atoms with Crippen LogP contribution in [-0.4, -0.2) is 69.4 Å². The minimum Gasteiger partial charge on any atom is -0.756 e. The van der Waals surface area contributed by atoms with Gasteiger partial charge in [0.25, 0.3) is 7.82 Å². The molecule has 3 atom stereocenters. The zero-order chi connectivity index (χ0) is 65.6. The van der Waals surface area contributed by atoms with Crippen molar-refractivity contribution < 1.29 is 37.3 Å². The number of ether oxygens (including phenoxy) is 1. The van der Waals surface area contributed by atoms with E-state index in [9.17, 15) is 19.0 Å². The molecule has 9 nitrogen and oxygen atoms in total. The van der Waals surface area contributed by atoms with Crippen LogP contribution < -0.4 is 10.2 Å². The van der Waals surface area contributed by atoms with E-state index in [1.54, 1.807) is 0 Å². The summed E-state index contributed by atoms with van der Waals surface area (Å²) in [6, 6.07) is -0.907. The fraction of sp³-hybridized carbons (Fsp3) is 0.675. The molecule has 0 heterocycles. The molecule has 0 aliphatic rings. The molecule has 0 rings (SSSR count). The molecule has 3 unspecified atom stereocenters. The van der Waals surface area contributed by atoms with Crippen molar-refractivity contribution in [1.29, 1.82) is 0 Å². The number of quaternary nitrogens is 1. The summed E-state index contributed by atoms with van der Waals surface area (Å²) in [4.78, 5) is 40.3. The van der Waals surface area contributed by atoms with Gasteiger partial charge in [-0.1, -0.05) is 302 Å². The number of esters is 1. The number of carbonyl (C=O) groups is 2. The van der Waals surface area contributed by atoms with Crippen LogP contribution in [0.15, 0.2) is 146 Å². The molecular formula is C80H137N2O7P. The van der Waals surface area contributed by atoms with E-state index in [1.807, 2.05) is 33.3 Å². The SMILES string of the molecule is CC/C=C\C/C=C\C/C=C\C/C=C\C/C=C\C/C=C\CCCCCCCCCCC(=O)OC(/C=C/CCCCCCCCCCCC)C(COP(=O)([O-])OCC[N+](C)(C)C)NC(=O)CCCCCCCCCCC/C=C\C/C=C\C/C=C\C/C=C\C/C=C\CC. The summed E-state index contributed by atoms with van der Waals surface area (Å²) in [6.07, 6.45) is 98.2. The van der Waals surface area contributed by atoms with Gasteiger partial charge in [-0.05, 0) is 128 Å². The number of hydrogen-bond acceptors (Lipinski definition) is 7. The van der Waals surface area contributed by atoms with E-state index < -0.39 is 26.6 Å². The highest BCUT2D eigenvalue weighted by Gasteiger charge is 2.27. The molecule has 0 aromatic carbocycles. The van der Waals surface area contributed by atoms with Crippen LogP contribution in [-0.2, 0) is 27.9 Å². The molecule has 0 aliphatic carbocycles. The largest absolute Gasteiger partial charge is 0.756 e. The Hall–Kier alpha value is -4.11. The number of amides is 1. The van der Waals surface area contributed by atoms with E-state index in [0.717, 1.165) is 148 Å². The number of allylic oxidation sites excluding steroid dienone is 23. The molecule has 90 heavy (non-hydrogen) atoms. The zero-order valence-corrected chi connectivity index (χ0v) is 59.7. The third-order valence-corrected chi connectivity index (χ3v) is 16.5. The summed E-state index contributed by atoms with van der Waals surface area (Å²) in [7, 11) is 1.16. The van der Waals surface area contributed by atoms with Crippen molar-refractivity contribution in [3.8, 4) is 0 Å². The summed E-state index contributed by atoms with van der Waals surface area (Å²) < 4.78 is 30.5. The predicted octanol–water partition coefficient (Wildman–Crippen LogP) is 23.1. The molecule has 1 amide bonds. The van der Waals surface area contributed by atoms with Gasteiger partial charge in [-0.2, -0.15) is 0 Å². The van der Waals surface area contributed by atoms with Crippen molar-refractivity contribution in [1.82, 2.24) is 5.32 Å². The minimum absolute atomic E-state index is 0.0324. The molecule has 514 valence electrons. The molecule has 0 aromatic rings. The Morgan fingerprint density at radius 3 is 1.07 bits per heavy atom. The van der Waals surface area contributed by atoms with Crippen LogP contribution in [0.2, 0.25) is 0 Å². The van der Waals surface area contributed by atoms with Crippen molar-refractivity contribution in [2.75, 3.05) is 40.9 Å². The summed E-state index contributed by atoms with van der Waals surface area (Å²) in [6.45, 7) is 6.61. The lowest BCUT2D eigenvalue weighted by Gasteiger charge is -2.30. The average molecular weight is 1270 g/mol. The van der Waals surface area contributed by atoms with E-state index in [4.69, 9.17) is 13.8 Å². The molecule has 0 saturated heterocycles. The van der Waals surface area contributed by atoms with E-state index in [1.165, 1.54) is 109 Å². The lowest BCUT2D eigenvalue weighted by atomic mass is 10.0. The van der Waals surface area contributed by atoms with Crippen LogP contribution in [0, 0.1) is 0 Å². The van der Waals surface area contributed by atoms with Crippen molar-refractivity contribution >= 4 is 19.7 Å². The molecular weight excluding hydrogens is 1130 g/mol. The molecule has 10 heteroatoms.